The van der Waals surface area contributed by atoms with E-state index in [1.807, 2.05) is 28.0 Å². The molecule has 2 aromatic rings. The number of pyridine rings is 1. The number of hydrogen-bond donors (Lipinski definition) is 1. The second-order valence-corrected chi connectivity index (χ2v) is 7.37. The van der Waals surface area contributed by atoms with Crippen molar-refractivity contribution < 1.29 is 14.3 Å². The minimum Gasteiger partial charge on any atom is -0.375 e. The summed E-state index contributed by atoms with van der Waals surface area (Å²) in [5, 5.41) is 0. The van der Waals surface area contributed by atoms with E-state index >= 15 is 0 Å². The van der Waals surface area contributed by atoms with Crippen LogP contribution in [0.25, 0.3) is 0 Å². The van der Waals surface area contributed by atoms with Gasteiger partial charge in [-0.1, -0.05) is 6.07 Å². The molecule has 0 saturated carbocycles. The Bertz CT molecular complexity index is 843. The van der Waals surface area contributed by atoms with Crippen LogP contribution in [-0.2, 0) is 32.7 Å². The number of ether oxygens (including phenoxy) is 1. The molecule has 4 rings (SSSR count). The van der Waals surface area contributed by atoms with Crippen molar-refractivity contribution >= 4 is 11.8 Å². The third kappa shape index (κ3) is 3.28. The first-order valence-electron chi connectivity index (χ1n) is 9.64. The summed E-state index contributed by atoms with van der Waals surface area (Å²) in [5.41, 5.74) is 2.34. The van der Waals surface area contributed by atoms with E-state index in [0.29, 0.717) is 38.9 Å². The average molecular weight is 383 g/mol. The van der Waals surface area contributed by atoms with Gasteiger partial charge >= 0.3 is 0 Å². The lowest BCUT2D eigenvalue weighted by Crippen LogP contribution is -2.59. The molecule has 28 heavy (non-hydrogen) atoms. The molecule has 0 unspecified atom stereocenters. The number of piperidine rings is 1. The van der Waals surface area contributed by atoms with E-state index in [2.05, 4.69) is 15.0 Å². The highest BCUT2D eigenvalue weighted by molar-refractivity contribution is 5.80. The fourth-order valence-electron chi connectivity index (χ4n) is 4.45. The zero-order valence-electron chi connectivity index (χ0n) is 16.1. The van der Waals surface area contributed by atoms with Crippen molar-refractivity contribution in [3.63, 3.8) is 0 Å². The van der Waals surface area contributed by atoms with Gasteiger partial charge in [0.15, 0.2) is 0 Å². The molecular formula is C20H25N5O3. The van der Waals surface area contributed by atoms with E-state index in [-0.39, 0.29) is 18.4 Å². The van der Waals surface area contributed by atoms with Crippen LogP contribution in [-0.4, -0.2) is 69.9 Å². The smallest absolute Gasteiger partial charge is 0.249 e. The van der Waals surface area contributed by atoms with Crippen molar-refractivity contribution in [2.45, 2.75) is 31.2 Å². The van der Waals surface area contributed by atoms with Gasteiger partial charge < -0.3 is 19.5 Å². The van der Waals surface area contributed by atoms with E-state index in [4.69, 9.17) is 4.74 Å². The number of nitrogens with zero attached hydrogens (tertiary/aromatic N) is 4. The Morgan fingerprint density at radius 3 is 2.71 bits per heavy atom. The molecule has 0 atom stereocenters. The number of aromatic nitrogens is 3. The van der Waals surface area contributed by atoms with Gasteiger partial charge in [-0.25, -0.2) is 4.98 Å². The number of amides is 2. The molecule has 148 valence electrons. The molecule has 2 aromatic heterocycles. The van der Waals surface area contributed by atoms with Crippen molar-refractivity contribution in [2.75, 3.05) is 33.4 Å². The topological polar surface area (TPSA) is 91.4 Å². The largest absolute Gasteiger partial charge is 0.375 e. The van der Waals surface area contributed by atoms with Crippen LogP contribution in [0.15, 0.2) is 30.7 Å². The standard InChI is InChI=1S/C20H25N5O3/c1-28-13-18(27)25-9-5-16-19(23-14-22-16)20(25)6-10-24(11-7-20)17(26)12-15-4-2-3-8-21-15/h2-4,8,14H,5-7,9-13H2,1H3,(H,22,23). The summed E-state index contributed by atoms with van der Waals surface area (Å²) in [4.78, 5) is 41.3. The minimum atomic E-state index is -0.467. The first kappa shape index (κ1) is 18.6. The summed E-state index contributed by atoms with van der Waals surface area (Å²) in [6.07, 6.45) is 5.81. The molecule has 1 spiro atoms. The van der Waals surface area contributed by atoms with Crippen LogP contribution in [0.4, 0.5) is 0 Å². The first-order valence-corrected chi connectivity index (χ1v) is 9.64. The fraction of sp³-hybridized carbons (Fsp3) is 0.500. The van der Waals surface area contributed by atoms with Crippen molar-refractivity contribution in [2.24, 2.45) is 0 Å². The van der Waals surface area contributed by atoms with Crippen LogP contribution in [0.2, 0.25) is 0 Å². The molecule has 2 amide bonds. The molecule has 1 saturated heterocycles. The number of carbonyl (C=O) groups excluding carboxylic acids is 2. The highest BCUT2D eigenvalue weighted by Crippen LogP contribution is 2.42. The lowest BCUT2D eigenvalue weighted by molar-refractivity contribution is -0.147. The van der Waals surface area contributed by atoms with Crippen molar-refractivity contribution in [3.8, 4) is 0 Å². The molecule has 1 fully saturated rings. The van der Waals surface area contributed by atoms with E-state index in [9.17, 15) is 9.59 Å². The summed E-state index contributed by atoms with van der Waals surface area (Å²) in [5.74, 6) is 0.0470. The summed E-state index contributed by atoms with van der Waals surface area (Å²) in [6, 6.07) is 5.60. The summed E-state index contributed by atoms with van der Waals surface area (Å²) >= 11 is 0. The Morgan fingerprint density at radius 2 is 2.00 bits per heavy atom. The summed E-state index contributed by atoms with van der Waals surface area (Å²) in [7, 11) is 1.54. The van der Waals surface area contributed by atoms with Gasteiger partial charge in [0.05, 0.1) is 24.0 Å². The number of hydrogen-bond acceptors (Lipinski definition) is 5. The number of aromatic amines is 1. The van der Waals surface area contributed by atoms with Crippen LogP contribution in [0.5, 0.6) is 0 Å². The van der Waals surface area contributed by atoms with Crippen molar-refractivity contribution in [1.29, 1.82) is 0 Å². The molecular weight excluding hydrogens is 358 g/mol. The van der Waals surface area contributed by atoms with Gasteiger partial charge in [0.2, 0.25) is 11.8 Å². The minimum absolute atomic E-state index is 0.0237. The average Bonchev–Trinajstić information content (AvgIpc) is 3.20. The quantitative estimate of drug-likeness (QED) is 0.847. The fourth-order valence-corrected chi connectivity index (χ4v) is 4.45. The van der Waals surface area contributed by atoms with E-state index in [1.54, 1.807) is 12.5 Å². The van der Waals surface area contributed by atoms with Gasteiger partial charge in [0.1, 0.15) is 6.61 Å². The number of methoxy groups -OCH3 is 1. The molecule has 2 aliphatic heterocycles. The number of H-pyrrole nitrogens is 1. The third-order valence-electron chi connectivity index (χ3n) is 5.83. The van der Waals surface area contributed by atoms with Gasteiger partial charge in [0, 0.05) is 50.7 Å². The molecule has 8 heteroatoms. The predicted molar refractivity (Wildman–Crippen MR) is 101 cm³/mol. The Kier molecular flexibility index (Phi) is 5.13. The van der Waals surface area contributed by atoms with Crippen molar-refractivity contribution in [3.05, 3.63) is 47.8 Å². The number of carbonyl (C=O) groups is 2. The monoisotopic (exact) mass is 383 g/mol. The zero-order valence-corrected chi connectivity index (χ0v) is 16.1. The Balaban J connectivity index is 1.52. The summed E-state index contributed by atoms with van der Waals surface area (Å²) in [6.45, 7) is 1.88. The third-order valence-corrected chi connectivity index (χ3v) is 5.83. The molecule has 4 heterocycles. The number of rotatable bonds is 4. The maximum atomic E-state index is 12.7. The lowest BCUT2D eigenvalue weighted by atomic mass is 9.78. The second-order valence-electron chi connectivity index (χ2n) is 7.37. The number of nitrogens with one attached hydrogen (secondary N) is 1. The van der Waals surface area contributed by atoms with E-state index in [0.717, 1.165) is 23.5 Å². The maximum Gasteiger partial charge on any atom is 0.249 e. The van der Waals surface area contributed by atoms with Gasteiger partial charge in [-0.2, -0.15) is 0 Å². The van der Waals surface area contributed by atoms with Crippen LogP contribution in [0.1, 0.15) is 29.9 Å². The zero-order chi connectivity index (χ0) is 19.6. The van der Waals surface area contributed by atoms with Crippen LogP contribution in [0, 0.1) is 0 Å². The lowest BCUT2D eigenvalue weighted by Gasteiger charge is -2.50. The molecule has 0 bridgehead atoms. The van der Waals surface area contributed by atoms with E-state index < -0.39 is 5.54 Å². The number of imidazole rings is 1. The Labute approximate surface area is 163 Å². The first-order chi connectivity index (χ1) is 13.6. The second kappa shape index (κ2) is 7.71. The molecule has 0 aromatic carbocycles. The molecule has 0 radical (unpaired) electrons. The molecule has 0 aliphatic carbocycles. The highest BCUT2D eigenvalue weighted by Gasteiger charge is 2.49. The molecule has 2 aliphatic rings. The van der Waals surface area contributed by atoms with Crippen LogP contribution < -0.4 is 0 Å². The van der Waals surface area contributed by atoms with Crippen LogP contribution in [0.3, 0.4) is 0 Å². The SMILES string of the molecule is COCC(=O)N1CCc2[nH]cnc2C12CCN(C(=O)Cc1ccccn1)CC2. The Morgan fingerprint density at radius 1 is 1.18 bits per heavy atom. The number of fused-ring (bicyclic) bond motifs is 2. The summed E-state index contributed by atoms with van der Waals surface area (Å²) < 4.78 is 5.10. The van der Waals surface area contributed by atoms with Gasteiger partial charge in [-0.15, -0.1) is 0 Å². The Hall–Kier alpha value is -2.74. The molecule has 8 nitrogen and oxygen atoms in total. The normalized spacial score (nSPS) is 18.2. The van der Waals surface area contributed by atoms with Gasteiger partial charge in [0.25, 0.3) is 0 Å². The molecule has 1 N–H and O–H groups in total. The van der Waals surface area contributed by atoms with Gasteiger partial charge in [-0.05, 0) is 25.0 Å². The predicted octanol–water partition coefficient (Wildman–Crippen LogP) is 0.896. The van der Waals surface area contributed by atoms with Crippen molar-refractivity contribution in [1.82, 2.24) is 24.8 Å². The maximum absolute atomic E-state index is 12.7. The van der Waals surface area contributed by atoms with Crippen LogP contribution >= 0.6 is 0 Å². The van der Waals surface area contributed by atoms with E-state index in [1.165, 1.54) is 7.11 Å². The number of likely N-dealkylation sites (tertiary alicyclic amines) is 1. The highest BCUT2D eigenvalue weighted by atomic mass is 16.5. The van der Waals surface area contributed by atoms with Gasteiger partial charge in [-0.3, -0.25) is 14.6 Å².